The Labute approximate surface area is 124 Å². The van der Waals surface area contributed by atoms with Crippen LogP contribution in [0.25, 0.3) is 0 Å². The predicted octanol–water partition coefficient (Wildman–Crippen LogP) is 1.33. The SMILES string of the molecule is COCC1CCCN(S(=O)(=O)c2ccc(CN)cc2F)C1. The minimum absolute atomic E-state index is 0.157. The molecule has 0 aromatic heterocycles. The van der Waals surface area contributed by atoms with Gasteiger partial charge in [-0.2, -0.15) is 4.31 Å². The number of ether oxygens (including phenoxy) is 1. The summed E-state index contributed by atoms with van der Waals surface area (Å²) in [7, 11) is -2.21. The fraction of sp³-hybridized carbons (Fsp3) is 0.571. The van der Waals surface area contributed by atoms with Gasteiger partial charge in [0.05, 0.1) is 6.61 Å². The second-order valence-electron chi connectivity index (χ2n) is 5.30. The van der Waals surface area contributed by atoms with E-state index in [0.29, 0.717) is 25.3 Å². The number of nitrogens with zero attached hydrogens (tertiary/aromatic N) is 1. The number of halogens is 1. The molecule has 0 saturated carbocycles. The summed E-state index contributed by atoms with van der Waals surface area (Å²) in [6, 6.07) is 4.03. The molecule has 0 bridgehead atoms. The van der Waals surface area contributed by atoms with Crippen LogP contribution in [0.1, 0.15) is 18.4 Å². The highest BCUT2D eigenvalue weighted by Crippen LogP contribution is 2.25. The molecule has 1 aromatic carbocycles. The van der Waals surface area contributed by atoms with Crippen molar-refractivity contribution in [2.75, 3.05) is 26.8 Å². The van der Waals surface area contributed by atoms with E-state index >= 15 is 0 Å². The first-order valence-electron chi connectivity index (χ1n) is 6.96. The molecule has 5 nitrogen and oxygen atoms in total. The van der Waals surface area contributed by atoms with Gasteiger partial charge in [-0.05, 0) is 36.5 Å². The molecule has 1 fully saturated rings. The third-order valence-corrected chi connectivity index (χ3v) is 5.63. The molecule has 1 aliphatic heterocycles. The van der Waals surface area contributed by atoms with Crippen LogP contribution in [0.2, 0.25) is 0 Å². The number of rotatable bonds is 5. The first-order valence-corrected chi connectivity index (χ1v) is 8.40. The number of piperidine rings is 1. The van der Waals surface area contributed by atoms with Gasteiger partial charge >= 0.3 is 0 Å². The Kier molecular flexibility index (Phi) is 5.32. The Bertz CT molecular complexity index is 590. The Balaban J connectivity index is 2.25. The van der Waals surface area contributed by atoms with Crippen molar-refractivity contribution >= 4 is 10.0 Å². The van der Waals surface area contributed by atoms with Gasteiger partial charge in [-0.15, -0.1) is 0 Å². The average molecular weight is 316 g/mol. The molecule has 7 heteroatoms. The maximum Gasteiger partial charge on any atom is 0.245 e. The zero-order chi connectivity index (χ0) is 15.5. The van der Waals surface area contributed by atoms with Crippen molar-refractivity contribution in [2.45, 2.75) is 24.3 Å². The highest BCUT2D eigenvalue weighted by atomic mass is 32.2. The Morgan fingerprint density at radius 1 is 1.48 bits per heavy atom. The number of hydrogen-bond donors (Lipinski definition) is 1. The third-order valence-electron chi connectivity index (χ3n) is 3.73. The average Bonchev–Trinajstić information content (AvgIpc) is 2.47. The zero-order valence-corrected chi connectivity index (χ0v) is 12.9. The Hall–Kier alpha value is -1.02. The molecule has 1 unspecified atom stereocenters. The lowest BCUT2D eigenvalue weighted by Gasteiger charge is -2.31. The van der Waals surface area contributed by atoms with E-state index in [0.717, 1.165) is 12.8 Å². The van der Waals surface area contributed by atoms with Crippen LogP contribution in [0, 0.1) is 11.7 Å². The van der Waals surface area contributed by atoms with Crippen LogP contribution < -0.4 is 5.73 Å². The summed E-state index contributed by atoms with van der Waals surface area (Å²) in [6.45, 7) is 1.48. The van der Waals surface area contributed by atoms with Crippen LogP contribution in [0.4, 0.5) is 4.39 Å². The Morgan fingerprint density at radius 2 is 2.24 bits per heavy atom. The van der Waals surface area contributed by atoms with E-state index in [2.05, 4.69) is 0 Å². The molecule has 2 rings (SSSR count). The molecule has 1 aromatic rings. The number of sulfonamides is 1. The third kappa shape index (κ3) is 3.60. The van der Waals surface area contributed by atoms with E-state index in [1.54, 1.807) is 13.2 Å². The van der Waals surface area contributed by atoms with Crippen molar-refractivity contribution < 1.29 is 17.5 Å². The van der Waals surface area contributed by atoms with Gasteiger partial charge in [-0.1, -0.05) is 6.07 Å². The molecule has 1 saturated heterocycles. The molecule has 1 atom stereocenters. The van der Waals surface area contributed by atoms with E-state index in [1.807, 2.05) is 0 Å². The topological polar surface area (TPSA) is 72.6 Å². The first-order chi connectivity index (χ1) is 9.98. The summed E-state index contributed by atoms with van der Waals surface area (Å²) in [5, 5.41) is 0. The molecule has 0 radical (unpaired) electrons. The highest BCUT2D eigenvalue weighted by molar-refractivity contribution is 7.89. The maximum absolute atomic E-state index is 14.0. The smallest absolute Gasteiger partial charge is 0.245 e. The van der Waals surface area contributed by atoms with Crippen molar-refractivity contribution in [3.63, 3.8) is 0 Å². The van der Waals surface area contributed by atoms with Crippen LogP contribution >= 0.6 is 0 Å². The standard InChI is InChI=1S/C14H21FN2O3S/c1-20-10-12-3-2-6-17(9-12)21(18,19)14-5-4-11(8-16)7-13(14)15/h4-5,7,12H,2-3,6,8-10,16H2,1H3. The number of benzene rings is 1. The van der Waals surface area contributed by atoms with Gasteiger partial charge in [0, 0.05) is 26.7 Å². The molecule has 21 heavy (non-hydrogen) atoms. The molecular weight excluding hydrogens is 295 g/mol. The van der Waals surface area contributed by atoms with Crippen molar-refractivity contribution in [3.8, 4) is 0 Å². The fourth-order valence-electron chi connectivity index (χ4n) is 2.64. The molecular formula is C14H21FN2O3S. The number of methoxy groups -OCH3 is 1. The van der Waals surface area contributed by atoms with E-state index in [9.17, 15) is 12.8 Å². The van der Waals surface area contributed by atoms with Gasteiger partial charge < -0.3 is 10.5 Å². The molecule has 0 spiro atoms. The summed E-state index contributed by atoms with van der Waals surface area (Å²) in [6.07, 6.45) is 1.68. The van der Waals surface area contributed by atoms with Crippen LogP contribution in [-0.4, -0.2) is 39.5 Å². The minimum Gasteiger partial charge on any atom is -0.384 e. The summed E-state index contributed by atoms with van der Waals surface area (Å²) in [5.74, 6) is -0.586. The van der Waals surface area contributed by atoms with Crippen molar-refractivity contribution in [1.82, 2.24) is 4.31 Å². The first kappa shape index (κ1) is 16.4. The normalized spacial score (nSPS) is 20.6. The second kappa shape index (κ2) is 6.83. The number of nitrogens with two attached hydrogens (primary N) is 1. The van der Waals surface area contributed by atoms with E-state index in [1.165, 1.54) is 16.4 Å². The van der Waals surface area contributed by atoms with Gasteiger partial charge in [-0.25, -0.2) is 12.8 Å². The van der Waals surface area contributed by atoms with E-state index in [4.69, 9.17) is 10.5 Å². The summed E-state index contributed by atoms with van der Waals surface area (Å²) in [5.41, 5.74) is 6.00. The van der Waals surface area contributed by atoms with Gasteiger partial charge in [0.25, 0.3) is 0 Å². The van der Waals surface area contributed by atoms with E-state index in [-0.39, 0.29) is 17.4 Å². The molecule has 0 aliphatic carbocycles. The van der Waals surface area contributed by atoms with Crippen LogP contribution in [0.3, 0.4) is 0 Å². The lowest BCUT2D eigenvalue weighted by atomic mass is 10.0. The quantitative estimate of drug-likeness (QED) is 0.889. The molecule has 2 N–H and O–H groups in total. The summed E-state index contributed by atoms with van der Waals surface area (Å²) >= 11 is 0. The zero-order valence-electron chi connectivity index (χ0n) is 12.1. The monoisotopic (exact) mass is 316 g/mol. The lowest BCUT2D eigenvalue weighted by Crippen LogP contribution is -2.41. The van der Waals surface area contributed by atoms with Gasteiger partial charge in [-0.3, -0.25) is 0 Å². The van der Waals surface area contributed by atoms with Gasteiger partial charge in [0.1, 0.15) is 10.7 Å². The predicted molar refractivity (Wildman–Crippen MR) is 77.7 cm³/mol. The maximum atomic E-state index is 14.0. The van der Waals surface area contributed by atoms with Crippen LogP contribution in [0.5, 0.6) is 0 Å². The second-order valence-corrected chi connectivity index (χ2v) is 7.20. The molecule has 118 valence electrons. The lowest BCUT2D eigenvalue weighted by molar-refractivity contribution is 0.118. The van der Waals surface area contributed by atoms with Crippen molar-refractivity contribution in [2.24, 2.45) is 11.7 Å². The Morgan fingerprint density at radius 3 is 2.86 bits per heavy atom. The fourth-order valence-corrected chi connectivity index (χ4v) is 4.24. The summed E-state index contributed by atoms with van der Waals surface area (Å²) in [4.78, 5) is -0.280. The van der Waals surface area contributed by atoms with Gasteiger partial charge in [0.2, 0.25) is 10.0 Å². The van der Waals surface area contributed by atoms with Crippen LogP contribution in [-0.2, 0) is 21.3 Å². The van der Waals surface area contributed by atoms with Gasteiger partial charge in [0.15, 0.2) is 0 Å². The van der Waals surface area contributed by atoms with Crippen molar-refractivity contribution in [3.05, 3.63) is 29.6 Å². The molecule has 1 aliphatic rings. The highest BCUT2D eigenvalue weighted by Gasteiger charge is 2.32. The molecule has 0 amide bonds. The van der Waals surface area contributed by atoms with E-state index < -0.39 is 15.8 Å². The van der Waals surface area contributed by atoms with Crippen molar-refractivity contribution in [1.29, 1.82) is 0 Å². The minimum atomic E-state index is -3.81. The molecule has 1 heterocycles. The summed E-state index contributed by atoms with van der Waals surface area (Å²) < 4.78 is 45.6. The largest absolute Gasteiger partial charge is 0.384 e. The van der Waals surface area contributed by atoms with Crippen LogP contribution in [0.15, 0.2) is 23.1 Å². The number of hydrogen-bond acceptors (Lipinski definition) is 4.